The quantitative estimate of drug-likeness (QED) is 0.666. The highest BCUT2D eigenvalue weighted by molar-refractivity contribution is 7.23. The number of thiophene rings is 1. The molecule has 0 aliphatic rings. The molecule has 0 unspecified atom stereocenters. The largest absolute Gasteiger partial charge is 0.439 e. The highest BCUT2D eigenvalue weighted by Crippen LogP contribution is 2.37. The molecular formula is C12H12N2O2S. The summed E-state index contributed by atoms with van der Waals surface area (Å²) >= 11 is 1.61. The molecule has 0 saturated heterocycles. The van der Waals surface area contributed by atoms with Gasteiger partial charge in [0.25, 0.3) is 0 Å². The maximum Gasteiger partial charge on any atom is 0.191 e. The van der Waals surface area contributed by atoms with Gasteiger partial charge in [-0.25, -0.2) is 0 Å². The first-order valence-electron chi connectivity index (χ1n) is 5.34. The lowest BCUT2D eigenvalue weighted by Crippen LogP contribution is -2.03. The van der Waals surface area contributed by atoms with Crippen LogP contribution >= 0.6 is 11.3 Å². The average molecular weight is 248 g/mol. The number of fused-ring (bicyclic) bond motifs is 3. The number of furan rings is 1. The van der Waals surface area contributed by atoms with Gasteiger partial charge in [-0.3, -0.25) is 0 Å². The molecule has 4 nitrogen and oxygen atoms in total. The number of benzene rings is 1. The fourth-order valence-corrected chi connectivity index (χ4v) is 2.96. The predicted octanol–water partition coefficient (Wildman–Crippen LogP) is 2.63. The summed E-state index contributed by atoms with van der Waals surface area (Å²) in [5, 5.41) is 15.1. The molecule has 3 rings (SSSR count). The smallest absolute Gasteiger partial charge is 0.191 e. The molecule has 88 valence electrons. The third-order valence-corrected chi connectivity index (χ3v) is 3.71. The van der Waals surface area contributed by atoms with Crippen molar-refractivity contribution in [1.29, 1.82) is 0 Å². The van der Waals surface area contributed by atoms with E-state index in [4.69, 9.17) is 15.3 Å². The number of nitrogens with two attached hydrogens (primary N) is 1. The summed E-state index contributed by atoms with van der Waals surface area (Å²) in [5.74, 6) is 0.436. The first-order valence-corrected chi connectivity index (χ1v) is 6.16. The second-order valence-electron chi connectivity index (χ2n) is 3.81. The molecule has 4 N–H and O–H groups in total. The summed E-state index contributed by atoms with van der Waals surface area (Å²) in [6, 6.07) is 7.93. The molecule has 0 aliphatic carbocycles. The van der Waals surface area contributed by atoms with Gasteiger partial charge in [0, 0.05) is 18.0 Å². The highest BCUT2D eigenvalue weighted by Gasteiger charge is 2.09. The molecule has 17 heavy (non-hydrogen) atoms. The number of hydrogen-bond acceptors (Lipinski definition) is 5. The van der Waals surface area contributed by atoms with Gasteiger partial charge in [-0.1, -0.05) is 12.1 Å². The van der Waals surface area contributed by atoms with Gasteiger partial charge in [-0.2, -0.15) is 0 Å². The minimum absolute atomic E-state index is 0.122. The molecular weight excluding hydrogens is 236 g/mol. The van der Waals surface area contributed by atoms with E-state index in [0.717, 1.165) is 26.1 Å². The third kappa shape index (κ3) is 1.73. The maximum absolute atomic E-state index is 8.78. The van der Waals surface area contributed by atoms with E-state index < -0.39 is 0 Å². The molecule has 1 aromatic carbocycles. The standard InChI is InChI=1S/C12H12N2O2S/c13-9-5-7-1-2-8-6-10(14-3-4-15)17-12(8)11(7)16-9/h1-2,5-6,14-15H,3-4,13H2. The van der Waals surface area contributed by atoms with Crippen LogP contribution in [0.1, 0.15) is 0 Å². The number of aliphatic hydroxyl groups is 1. The third-order valence-electron chi connectivity index (χ3n) is 2.60. The van der Waals surface area contributed by atoms with Gasteiger partial charge >= 0.3 is 0 Å². The Balaban J connectivity index is 2.16. The Kier molecular flexibility index (Phi) is 2.42. The highest BCUT2D eigenvalue weighted by atomic mass is 32.1. The number of hydrogen-bond donors (Lipinski definition) is 3. The lowest BCUT2D eigenvalue weighted by Gasteiger charge is -1.97. The summed E-state index contributed by atoms with van der Waals surface area (Å²) in [6.07, 6.45) is 0. The summed E-state index contributed by atoms with van der Waals surface area (Å²) in [6.45, 7) is 0.674. The van der Waals surface area contributed by atoms with E-state index in [-0.39, 0.29) is 6.61 Å². The Labute approximate surface area is 102 Å². The summed E-state index contributed by atoms with van der Waals surface area (Å²) in [5.41, 5.74) is 6.49. The van der Waals surface area contributed by atoms with Crippen LogP contribution in [0.3, 0.4) is 0 Å². The Morgan fingerprint density at radius 1 is 1.29 bits per heavy atom. The summed E-state index contributed by atoms with van der Waals surface area (Å²) in [7, 11) is 0. The summed E-state index contributed by atoms with van der Waals surface area (Å²) in [4.78, 5) is 0. The zero-order valence-corrected chi connectivity index (χ0v) is 9.88. The Hall–Kier alpha value is -1.72. The molecule has 2 heterocycles. The molecule has 0 fully saturated rings. The van der Waals surface area contributed by atoms with Gasteiger partial charge in [-0.05, 0) is 11.5 Å². The van der Waals surface area contributed by atoms with Crippen LogP contribution in [0, 0.1) is 0 Å². The molecule has 0 bridgehead atoms. The van der Waals surface area contributed by atoms with Gasteiger partial charge in [0.05, 0.1) is 16.3 Å². The number of anilines is 2. The van der Waals surface area contributed by atoms with E-state index in [2.05, 4.69) is 5.32 Å². The van der Waals surface area contributed by atoms with Crippen molar-refractivity contribution >= 4 is 43.3 Å². The van der Waals surface area contributed by atoms with Gasteiger partial charge < -0.3 is 20.6 Å². The molecule has 2 aromatic heterocycles. The van der Waals surface area contributed by atoms with Crippen molar-refractivity contribution in [3.8, 4) is 0 Å². The fraction of sp³-hybridized carbons (Fsp3) is 0.167. The van der Waals surface area contributed by atoms with Crippen molar-refractivity contribution in [2.24, 2.45) is 0 Å². The van der Waals surface area contributed by atoms with E-state index in [1.807, 2.05) is 24.3 Å². The van der Waals surface area contributed by atoms with E-state index in [9.17, 15) is 0 Å². The zero-order valence-electron chi connectivity index (χ0n) is 9.06. The van der Waals surface area contributed by atoms with Crippen LogP contribution in [-0.2, 0) is 0 Å². The number of aliphatic hydroxyl groups excluding tert-OH is 1. The fourth-order valence-electron chi connectivity index (χ4n) is 1.88. The van der Waals surface area contributed by atoms with Crippen LogP contribution in [-0.4, -0.2) is 18.3 Å². The van der Waals surface area contributed by atoms with Crippen molar-refractivity contribution in [2.45, 2.75) is 0 Å². The molecule has 0 amide bonds. The monoisotopic (exact) mass is 248 g/mol. The number of rotatable bonds is 3. The van der Waals surface area contributed by atoms with Gasteiger partial charge in [0.2, 0.25) is 0 Å². The molecule has 5 heteroatoms. The summed E-state index contributed by atoms with van der Waals surface area (Å²) < 4.78 is 6.59. The molecule has 0 saturated carbocycles. The molecule has 0 radical (unpaired) electrons. The van der Waals surface area contributed by atoms with Crippen LogP contribution in [0.4, 0.5) is 10.9 Å². The number of nitrogen functional groups attached to an aromatic ring is 1. The Morgan fingerprint density at radius 2 is 2.12 bits per heavy atom. The van der Waals surface area contributed by atoms with Gasteiger partial charge in [0.15, 0.2) is 11.5 Å². The lowest BCUT2D eigenvalue weighted by molar-refractivity contribution is 0.311. The minimum atomic E-state index is 0.122. The minimum Gasteiger partial charge on any atom is -0.439 e. The van der Waals surface area contributed by atoms with Crippen molar-refractivity contribution in [1.82, 2.24) is 0 Å². The second kappa shape index (κ2) is 3.94. The van der Waals surface area contributed by atoms with Crippen molar-refractivity contribution in [2.75, 3.05) is 24.2 Å². The number of nitrogens with one attached hydrogen (secondary N) is 1. The lowest BCUT2D eigenvalue weighted by atomic mass is 10.2. The molecule has 0 aliphatic heterocycles. The van der Waals surface area contributed by atoms with Crippen molar-refractivity contribution < 1.29 is 9.52 Å². The van der Waals surface area contributed by atoms with Gasteiger partial charge in [-0.15, -0.1) is 11.3 Å². The normalized spacial score (nSPS) is 11.4. The Bertz CT molecular complexity index is 672. The first-order chi connectivity index (χ1) is 8.28. The van der Waals surface area contributed by atoms with E-state index in [1.165, 1.54) is 0 Å². The van der Waals surface area contributed by atoms with E-state index in [0.29, 0.717) is 12.4 Å². The van der Waals surface area contributed by atoms with E-state index >= 15 is 0 Å². The second-order valence-corrected chi connectivity index (χ2v) is 4.86. The average Bonchev–Trinajstić information content (AvgIpc) is 2.87. The molecule has 3 aromatic rings. The maximum atomic E-state index is 8.78. The molecule has 0 spiro atoms. The Morgan fingerprint density at radius 3 is 2.94 bits per heavy atom. The van der Waals surface area contributed by atoms with Gasteiger partial charge in [0.1, 0.15) is 0 Å². The topological polar surface area (TPSA) is 71.4 Å². The van der Waals surface area contributed by atoms with Crippen molar-refractivity contribution in [3.05, 3.63) is 24.3 Å². The van der Waals surface area contributed by atoms with Crippen LogP contribution < -0.4 is 11.1 Å². The van der Waals surface area contributed by atoms with Crippen molar-refractivity contribution in [3.63, 3.8) is 0 Å². The van der Waals surface area contributed by atoms with Crippen LogP contribution in [0.25, 0.3) is 21.1 Å². The van der Waals surface area contributed by atoms with Crippen LogP contribution in [0.15, 0.2) is 28.7 Å². The molecule has 0 atom stereocenters. The zero-order chi connectivity index (χ0) is 11.8. The SMILES string of the molecule is Nc1cc2ccc3cc(NCCO)sc3c2o1. The van der Waals surface area contributed by atoms with Crippen LogP contribution in [0.2, 0.25) is 0 Å². The van der Waals surface area contributed by atoms with E-state index in [1.54, 1.807) is 11.3 Å². The first kappa shape index (κ1) is 10.4. The van der Waals surface area contributed by atoms with Crippen LogP contribution in [0.5, 0.6) is 0 Å². The predicted molar refractivity (Wildman–Crippen MR) is 71.6 cm³/mol.